The maximum Gasteiger partial charge on any atom is 0.311 e. The van der Waals surface area contributed by atoms with Crippen molar-refractivity contribution < 1.29 is 19.1 Å². The van der Waals surface area contributed by atoms with Crippen LogP contribution in [0.25, 0.3) is 0 Å². The van der Waals surface area contributed by atoms with Crippen molar-refractivity contribution in [2.45, 2.75) is 6.42 Å². The Kier molecular flexibility index (Phi) is 3.50. The molecule has 1 saturated heterocycles. The van der Waals surface area contributed by atoms with Crippen LogP contribution in [0.2, 0.25) is 0 Å². The molecular formula is C13H15NO4. The first-order valence-corrected chi connectivity index (χ1v) is 5.68. The molecule has 5 nitrogen and oxygen atoms in total. The largest absolute Gasteiger partial charge is 0.497 e. The standard InChI is InChI=1S/C13H15NO4/c1-17-11-5-3-10(4-6-11)14-8-9(7-12(14)15)13(16)18-2/h3-6,9H,7-8H2,1-2H3/t9-/m0/s1. The Balaban J connectivity index is 2.13. The Morgan fingerprint density at radius 3 is 2.50 bits per heavy atom. The van der Waals surface area contributed by atoms with Gasteiger partial charge in [0.15, 0.2) is 0 Å². The molecule has 0 aliphatic carbocycles. The average molecular weight is 249 g/mol. The van der Waals surface area contributed by atoms with E-state index in [9.17, 15) is 9.59 Å². The van der Waals surface area contributed by atoms with Crippen LogP contribution in [0.3, 0.4) is 0 Å². The predicted octanol–water partition coefficient (Wildman–Crippen LogP) is 1.22. The van der Waals surface area contributed by atoms with Crippen LogP contribution in [-0.2, 0) is 14.3 Å². The van der Waals surface area contributed by atoms with E-state index in [1.54, 1.807) is 36.3 Å². The molecule has 1 aromatic carbocycles. The number of ether oxygens (including phenoxy) is 2. The molecule has 1 heterocycles. The van der Waals surface area contributed by atoms with Gasteiger partial charge in [-0.25, -0.2) is 0 Å². The summed E-state index contributed by atoms with van der Waals surface area (Å²) in [6.07, 6.45) is 0.207. The molecule has 0 saturated carbocycles. The molecule has 0 radical (unpaired) electrons. The number of hydrogen-bond donors (Lipinski definition) is 0. The van der Waals surface area contributed by atoms with Gasteiger partial charge in [0, 0.05) is 18.7 Å². The van der Waals surface area contributed by atoms with Crippen LogP contribution in [0, 0.1) is 5.92 Å². The van der Waals surface area contributed by atoms with Crippen molar-refractivity contribution in [3.63, 3.8) is 0 Å². The third-order valence-corrected chi connectivity index (χ3v) is 3.04. The van der Waals surface area contributed by atoms with Gasteiger partial charge in [0.25, 0.3) is 0 Å². The lowest BCUT2D eigenvalue weighted by molar-refractivity contribution is -0.145. The fourth-order valence-electron chi connectivity index (χ4n) is 2.04. The normalized spacial score (nSPS) is 18.9. The van der Waals surface area contributed by atoms with Crippen molar-refractivity contribution in [1.82, 2.24) is 0 Å². The molecule has 0 aromatic heterocycles. The van der Waals surface area contributed by atoms with E-state index in [1.807, 2.05) is 0 Å². The van der Waals surface area contributed by atoms with Crippen LogP contribution in [-0.4, -0.2) is 32.6 Å². The molecule has 0 spiro atoms. The van der Waals surface area contributed by atoms with Gasteiger partial charge in [0.2, 0.25) is 5.91 Å². The van der Waals surface area contributed by atoms with Crippen LogP contribution < -0.4 is 9.64 Å². The average Bonchev–Trinajstić information content (AvgIpc) is 2.80. The molecule has 0 unspecified atom stereocenters. The smallest absolute Gasteiger partial charge is 0.311 e. The summed E-state index contributed by atoms with van der Waals surface area (Å²) in [7, 11) is 2.92. The summed E-state index contributed by atoms with van der Waals surface area (Å²) in [5.74, 6) is -0.0329. The Morgan fingerprint density at radius 2 is 1.94 bits per heavy atom. The first-order valence-electron chi connectivity index (χ1n) is 5.68. The molecule has 0 N–H and O–H groups in total. The zero-order chi connectivity index (χ0) is 13.1. The summed E-state index contributed by atoms with van der Waals surface area (Å²) in [5, 5.41) is 0. The Bertz CT molecular complexity index is 455. The van der Waals surface area contributed by atoms with Crippen LogP contribution in [0.4, 0.5) is 5.69 Å². The quantitative estimate of drug-likeness (QED) is 0.756. The molecule has 1 aliphatic heterocycles. The fourth-order valence-corrected chi connectivity index (χ4v) is 2.04. The SMILES string of the molecule is COC(=O)[C@H]1CC(=O)N(c2ccc(OC)cc2)C1. The molecule has 5 heteroatoms. The highest BCUT2D eigenvalue weighted by Gasteiger charge is 2.35. The lowest BCUT2D eigenvalue weighted by Gasteiger charge is -2.16. The van der Waals surface area contributed by atoms with Crippen LogP contribution >= 0.6 is 0 Å². The zero-order valence-corrected chi connectivity index (χ0v) is 10.4. The molecule has 0 bridgehead atoms. The van der Waals surface area contributed by atoms with E-state index < -0.39 is 0 Å². The number of esters is 1. The van der Waals surface area contributed by atoms with E-state index >= 15 is 0 Å². The minimum atomic E-state index is -0.371. The lowest BCUT2D eigenvalue weighted by atomic mass is 10.1. The second kappa shape index (κ2) is 5.08. The molecule has 1 aromatic rings. The van der Waals surface area contributed by atoms with E-state index in [0.29, 0.717) is 6.54 Å². The van der Waals surface area contributed by atoms with Crippen LogP contribution in [0.1, 0.15) is 6.42 Å². The third-order valence-electron chi connectivity index (χ3n) is 3.04. The van der Waals surface area contributed by atoms with E-state index in [0.717, 1.165) is 11.4 Å². The summed E-state index contributed by atoms with van der Waals surface area (Å²) >= 11 is 0. The second-order valence-corrected chi connectivity index (χ2v) is 4.13. The first-order chi connectivity index (χ1) is 8.65. The van der Waals surface area contributed by atoms with Crippen LogP contribution in [0.5, 0.6) is 5.75 Å². The molecule has 1 atom stereocenters. The van der Waals surface area contributed by atoms with Crippen molar-refractivity contribution in [2.75, 3.05) is 25.7 Å². The fraction of sp³-hybridized carbons (Fsp3) is 0.385. The van der Waals surface area contributed by atoms with Gasteiger partial charge in [0.05, 0.1) is 20.1 Å². The van der Waals surface area contributed by atoms with Gasteiger partial charge in [-0.2, -0.15) is 0 Å². The van der Waals surface area contributed by atoms with Crippen molar-refractivity contribution in [2.24, 2.45) is 5.92 Å². The number of benzene rings is 1. The number of hydrogen-bond acceptors (Lipinski definition) is 4. The number of carbonyl (C=O) groups is 2. The van der Waals surface area contributed by atoms with E-state index in [1.165, 1.54) is 7.11 Å². The van der Waals surface area contributed by atoms with Gasteiger partial charge in [-0.1, -0.05) is 0 Å². The third kappa shape index (κ3) is 2.30. The monoisotopic (exact) mass is 249 g/mol. The molecule has 1 amide bonds. The number of carbonyl (C=O) groups excluding carboxylic acids is 2. The van der Waals surface area contributed by atoms with Gasteiger partial charge in [-0.3, -0.25) is 9.59 Å². The van der Waals surface area contributed by atoms with Crippen molar-refractivity contribution >= 4 is 17.6 Å². The minimum absolute atomic E-state index is 0.0597. The van der Waals surface area contributed by atoms with Crippen molar-refractivity contribution in [3.05, 3.63) is 24.3 Å². The number of anilines is 1. The topological polar surface area (TPSA) is 55.8 Å². The van der Waals surface area contributed by atoms with E-state index in [4.69, 9.17) is 4.74 Å². The highest BCUT2D eigenvalue weighted by molar-refractivity contribution is 5.99. The summed E-state index contributed by atoms with van der Waals surface area (Å²) in [6.45, 7) is 0.373. The summed E-state index contributed by atoms with van der Waals surface area (Å²) in [4.78, 5) is 24.9. The Morgan fingerprint density at radius 1 is 1.28 bits per heavy atom. The van der Waals surface area contributed by atoms with Gasteiger partial charge < -0.3 is 14.4 Å². The van der Waals surface area contributed by atoms with Crippen molar-refractivity contribution in [3.8, 4) is 5.75 Å². The van der Waals surface area contributed by atoms with Gasteiger partial charge in [0.1, 0.15) is 5.75 Å². The maximum atomic E-state index is 11.8. The second-order valence-electron chi connectivity index (χ2n) is 4.13. The molecule has 18 heavy (non-hydrogen) atoms. The summed E-state index contributed by atoms with van der Waals surface area (Å²) < 4.78 is 9.72. The number of amides is 1. The first kappa shape index (κ1) is 12.4. The molecule has 1 aliphatic rings. The molecule has 2 rings (SSSR count). The van der Waals surface area contributed by atoms with Crippen LogP contribution in [0.15, 0.2) is 24.3 Å². The van der Waals surface area contributed by atoms with E-state index in [2.05, 4.69) is 4.74 Å². The maximum absolute atomic E-state index is 11.8. The summed E-state index contributed by atoms with van der Waals surface area (Å²) in [5.41, 5.74) is 0.771. The molecule has 1 fully saturated rings. The van der Waals surface area contributed by atoms with Gasteiger partial charge >= 0.3 is 5.97 Å². The van der Waals surface area contributed by atoms with Gasteiger partial charge in [-0.05, 0) is 24.3 Å². The van der Waals surface area contributed by atoms with E-state index in [-0.39, 0.29) is 24.2 Å². The Labute approximate surface area is 105 Å². The van der Waals surface area contributed by atoms with Gasteiger partial charge in [-0.15, -0.1) is 0 Å². The zero-order valence-electron chi connectivity index (χ0n) is 10.4. The molecular weight excluding hydrogens is 234 g/mol. The Hall–Kier alpha value is -2.04. The lowest BCUT2D eigenvalue weighted by Crippen LogP contribution is -2.26. The highest BCUT2D eigenvalue weighted by atomic mass is 16.5. The minimum Gasteiger partial charge on any atom is -0.497 e. The number of rotatable bonds is 3. The predicted molar refractivity (Wildman–Crippen MR) is 65.5 cm³/mol. The number of nitrogens with zero attached hydrogens (tertiary/aromatic N) is 1. The van der Waals surface area contributed by atoms with Crippen molar-refractivity contribution in [1.29, 1.82) is 0 Å². The number of methoxy groups -OCH3 is 2. The highest BCUT2D eigenvalue weighted by Crippen LogP contribution is 2.27. The summed E-state index contributed by atoms with van der Waals surface area (Å²) in [6, 6.07) is 7.18. The molecule has 96 valence electrons.